The Morgan fingerprint density at radius 2 is 2.00 bits per heavy atom. The molecule has 2 aromatic rings. The summed E-state index contributed by atoms with van der Waals surface area (Å²) >= 11 is 0. The Balaban J connectivity index is 1.61. The number of hydrogen-bond donors (Lipinski definition) is 3. The zero-order valence-electron chi connectivity index (χ0n) is 24.6. The minimum atomic E-state index is -1.40. The summed E-state index contributed by atoms with van der Waals surface area (Å²) in [6, 6.07) is 13.1. The number of methoxy groups -OCH3 is 1. The van der Waals surface area contributed by atoms with Crippen LogP contribution in [0, 0.1) is 11.7 Å². The van der Waals surface area contributed by atoms with Gasteiger partial charge in [-0.05, 0) is 80.7 Å². The van der Waals surface area contributed by atoms with Crippen LogP contribution in [0.4, 0.5) is 9.18 Å². The molecule has 0 aliphatic carbocycles. The molecule has 7 nitrogen and oxygen atoms in total. The van der Waals surface area contributed by atoms with Gasteiger partial charge in [0.15, 0.2) is 0 Å². The quantitative estimate of drug-likeness (QED) is 0.310. The predicted molar refractivity (Wildman–Crippen MR) is 159 cm³/mol. The molecule has 224 valence electrons. The summed E-state index contributed by atoms with van der Waals surface area (Å²) in [5.41, 5.74) is 1.35. The van der Waals surface area contributed by atoms with E-state index in [2.05, 4.69) is 17.6 Å². The van der Waals surface area contributed by atoms with Crippen LogP contribution in [0.2, 0.25) is 0 Å². The van der Waals surface area contributed by atoms with E-state index in [0.717, 1.165) is 49.8 Å². The van der Waals surface area contributed by atoms with Crippen molar-refractivity contribution in [1.82, 2.24) is 15.5 Å². The van der Waals surface area contributed by atoms with Gasteiger partial charge in [0.1, 0.15) is 5.82 Å². The van der Waals surface area contributed by atoms with E-state index in [1.165, 1.54) is 26.0 Å². The first-order valence-corrected chi connectivity index (χ1v) is 15.3. The number of piperidine rings is 2. The molecule has 2 fully saturated rings. The second-order valence-corrected chi connectivity index (χ2v) is 11.5. The molecule has 2 saturated heterocycles. The maximum atomic E-state index is 15.6. The van der Waals surface area contributed by atoms with Crippen LogP contribution in [0.1, 0.15) is 75.8 Å². The van der Waals surface area contributed by atoms with Crippen LogP contribution in [0.3, 0.4) is 0 Å². The van der Waals surface area contributed by atoms with E-state index >= 15 is 4.39 Å². The SMILES string of the molecule is CCc1cccc(-c2c(F)cccc2C(O)(CCCNC(=O)OC)[C@@H]2CCCN(C(=O)CCC3CCCCN3)C2)c1. The van der Waals surface area contributed by atoms with Gasteiger partial charge in [-0.3, -0.25) is 4.79 Å². The molecule has 4 rings (SSSR count). The Labute approximate surface area is 243 Å². The first-order chi connectivity index (χ1) is 19.9. The molecule has 2 aromatic carbocycles. The number of benzene rings is 2. The lowest BCUT2D eigenvalue weighted by molar-refractivity contribution is -0.137. The average molecular weight is 568 g/mol. The number of carbonyl (C=O) groups is 2. The van der Waals surface area contributed by atoms with Gasteiger partial charge in [-0.15, -0.1) is 0 Å². The molecule has 2 aliphatic rings. The van der Waals surface area contributed by atoms with Crippen molar-refractivity contribution < 1.29 is 23.8 Å². The van der Waals surface area contributed by atoms with Crippen molar-refractivity contribution in [1.29, 1.82) is 0 Å². The van der Waals surface area contributed by atoms with E-state index in [1.807, 2.05) is 35.2 Å². The number of nitrogens with one attached hydrogen (secondary N) is 2. The van der Waals surface area contributed by atoms with Crippen molar-refractivity contribution in [2.75, 3.05) is 33.3 Å². The standard InChI is InChI=1S/C33H46FN3O4/c1-3-24-10-6-11-25(22-24)31-28(14-7-15-29(31)34)33(40,18-9-20-36-32(39)41-2)26-12-8-21-37(23-26)30(38)17-16-27-13-4-5-19-35-27/h6-7,10-11,14-15,22,26-27,35,40H,3-5,8-9,12-13,16-21,23H2,1-2H3,(H,36,39)/t26-,27?,33?/m1/s1. The van der Waals surface area contributed by atoms with Crippen molar-refractivity contribution in [2.45, 2.75) is 82.8 Å². The minimum Gasteiger partial charge on any atom is -0.453 e. The van der Waals surface area contributed by atoms with Gasteiger partial charge < -0.3 is 25.4 Å². The molecule has 2 amide bonds. The highest BCUT2D eigenvalue weighted by molar-refractivity contribution is 5.76. The highest BCUT2D eigenvalue weighted by Gasteiger charge is 2.43. The number of carbonyl (C=O) groups excluding carboxylic acids is 2. The minimum absolute atomic E-state index is 0.117. The van der Waals surface area contributed by atoms with Crippen LogP contribution in [0.5, 0.6) is 0 Å². The average Bonchev–Trinajstić information content (AvgIpc) is 3.02. The number of rotatable bonds is 11. The predicted octanol–water partition coefficient (Wildman–Crippen LogP) is 5.54. The fraction of sp³-hybridized carbons (Fsp3) is 0.576. The molecule has 8 heteroatoms. The lowest BCUT2D eigenvalue weighted by Crippen LogP contribution is -2.49. The van der Waals surface area contributed by atoms with Gasteiger partial charge >= 0.3 is 6.09 Å². The topological polar surface area (TPSA) is 90.9 Å². The Hall–Kier alpha value is -2.97. The van der Waals surface area contributed by atoms with Crippen LogP contribution in [-0.2, 0) is 21.6 Å². The monoisotopic (exact) mass is 567 g/mol. The van der Waals surface area contributed by atoms with E-state index in [0.29, 0.717) is 56.1 Å². The number of aryl methyl sites for hydroxylation is 1. The van der Waals surface area contributed by atoms with E-state index in [9.17, 15) is 14.7 Å². The first-order valence-electron chi connectivity index (χ1n) is 15.3. The van der Waals surface area contributed by atoms with Crippen molar-refractivity contribution in [3.8, 4) is 11.1 Å². The molecule has 2 heterocycles. The van der Waals surface area contributed by atoms with E-state index in [4.69, 9.17) is 4.74 Å². The molecule has 0 bridgehead atoms. The lowest BCUT2D eigenvalue weighted by Gasteiger charge is -2.44. The van der Waals surface area contributed by atoms with Crippen molar-refractivity contribution >= 4 is 12.0 Å². The number of nitrogens with zero attached hydrogens (tertiary/aromatic N) is 1. The Morgan fingerprint density at radius 3 is 2.76 bits per heavy atom. The van der Waals surface area contributed by atoms with Gasteiger partial charge in [0.05, 0.1) is 12.7 Å². The molecule has 3 N–H and O–H groups in total. The molecule has 0 saturated carbocycles. The highest BCUT2D eigenvalue weighted by atomic mass is 19.1. The van der Waals surface area contributed by atoms with Gasteiger partial charge in [-0.2, -0.15) is 0 Å². The summed E-state index contributed by atoms with van der Waals surface area (Å²) in [4.78, 5) is 26.9. The Morgan fingerprint density at radius 1 is 1.17 bits per heavy atom. The van der Waals surface area contributed by atoms with Crippen molar-refractivity contribution in [3.05, 3.63) is 59.4 Å². The van der Waals surface area contributed by atoms with E-state index < -0.39 is 11.7 Å². The summed E-state index contributed by atoms with van der Waals surface area (Å²) in [6.45, 7) is 4.48. The number of ether oxygens (including phenoxy) is 1. The van der Waals surface area contributed by atoms with Crippen molar-refractivity contribution in [2.24, 2.45) is 5.92 Å². The third-order valence-corrected chi connectivity index (χ3v) is 8.86. The summed E-state index contributed by atoms with van der Waals surface area (Å²) in [7, 11) is 1.31. The second-order valence-electron chi connectivity index (χ2n) is 11.5. The van der Waals surface area contributed by atoms with Crippen LogP contribution < -0.4 is 10.6 Å². The number of amides is 2. The van der Waals surface area contributed by atoms with Gasteiger partial charge in [0, 0.05) is 43.6 Å². The van der Waals surface area contributed by atoms with Gasteiger partial charge in [0.25, 0.3) is 0 Å². The Kier molecular flexibility index (Phi) is 11.2. The fourth-order valence-electron chi connectivity index (χ4n) is 6.52. The maximum absolute atomic E-state index is 15.6. The summed E-state index contributed by atoms with van der Waals surface area (Å²) in [6.07, 6.45) is 7.37. The number of likely N-dealkylation sites (tertiary alicyclic amines) is 1. The van der Waals surface area contributed by atoms with Gasteiger partial charge in [-0.1, -0.05) is 49.7 Å². The zero-order valence-corrected chi connectivity index (χ0v) is 24.6. The highest BCUT2D eigenvalue weighted by Crippen LogP contribution is 2.44. The molecule has 2 unspecified atom stereocenters. The zero-order chi connectivity index (χ0) is 29.2. The van der Waals surface area contributed by atoms with Crippen LogP contribution in [-0.4, -0.2) is 61.3 Å². The molecule has 0 spiro atoms. The van der Waals surface area contributed by atoms with Gasteiger partial charge in [-0.25, -0.2) is 9.18 Å². The maximum Gasteiger partial charge on any atom is 0.406 e. The Bertz CT molecular complexity index is 1170. The smallest absolute Gasteiger partial charge is 0.406 e. The first kappa shape index (κ1) is 31.0. The number of aliphatic hydroxyl groups is 1. The van der Waals surface area contributed by atoms with Crippen molar-refractivity contribution in [3.63, 3.8) is 0 Å². The summed E-state index contributed by atoms with van der Waals surface area (Å²) in [5, 5.41) is 18.8. The molecule has 3 atom stereocenters. The molecular weight excluding hydrogens is 521 g/mol. The molecule has 41 heavy (non-hydrogen) atoms. The summed E-state index contributed by atoms with van der Waals surface area (Å²) < 4.78 is 20.3. The molecule has 0 aromatic heterocycles. The third-order valence-electron chi connectivity index (χ3n) is 8.86. The number of halogens is 1. The van der Waals surface area contributed by atoms with Crippen LogP contribution in [0.25, 0.3) is 11.1 Å². The summed E-state index contributed by atoms with van der Waals surface area (Å²) in [5.74, 6) is -0.543. The normalized spacial score (nSPS) is 20.7. The second kappa shape index (κ2) is 14.8. The largest absolute Gasteiger partial charge is 0.453 e. The lowest BCUT2D eigenvalue weighted by atomic mass is 9.72. The van der Waals surface area contributed by atoms with Crippen LogP contribution >= 0.6 is 0 Å². The third kappa shape index (κ3) is 7.86. The van der Waals surface area contributed by atoms with E-state index in [-0.39, 0.29) is 17.6 Å². The van der Waals surface area contributed by atoms with E-state index in [1.54, 1.807) is 6.07 Å². The molecule has 2 aliphatic heterocycles. The number of hydrogen-bond acceptors (Lipinski definition) is 5. The molecular formula is C33H46FN3O4. The number of alkyl carbamates (subject to hydrolysis) is 1. The van der Waals surface area contributed by atoms with Gasteiger partial charge in [0.2, 0.25) is 5.91 Å². The molecule has 0 radical (unpaired) electrons. The van der Waals surface area contributed by atoms with Crippen LogP contribution in [0.15, 0.2) is 42.5 Å². The fourth-order valence-corrected chi connectivity index (χ4v) is 6.52.